The van der Waals surface area contributed by atoms with Gasteiger partial charge < -0.3 is 10.2 Å². The predicted molar refractivity (Wildman–Crippen MR) is 92.6 cm³/mol. The lowest BCUT2D eigenvalue weighted by atomic mass is 10.1. The number of aromatic nitrogens is 4. The molecule has 26 heavy (non-hydrogen) atoms. The fourth-order valence-electron chi connectivity index (χ4n) is 3.12. The van der Waals surface area contributed by atoms with Gasteiger partial charge in [0.05, 0.1) is 24.4 Å². The molecular formula is C18H18N6O2. The van der Waals surface area contributed by atoms with Crippen LogP contribution in [-0.2, 0) is 22.7 Å². The average molecular weight is 350 g/mol. The van der Waals surface area contributed by atoms with Gasteiger partial charge in [0.25, 0.3) is 0 Å². The molecule has 8 heteroatoms. The summed E-state index contributed by atoms with van der Waals surface area (Å²) in [6.45, 7) is 1.18. The highest BCUT2D eigenvalue weighted by Crippen LogP contribution is 2.20. The lowest BCUT2D eigenvalue weighted by molar-refractivity contribution is -0.129. The van der Waals surface area contributed by atoms with E-state index in [4.69, 9.17) is 0 Å². The van der Waals surface area contributed by atoms with Crippen LogP contribution in [0.1, 0.15) is 17.7 Å². The highest BCUT2D eigenvalue weighted by Gasteiger charge is 2.34. The molecule has 1 saturated heterocycles. The average Bonchev–Trinajstić information content (AvgIpc) is 3.24. The topological polar surface area (TPSA) is 92.5 Å². The molecular weight excluding hydrogens is 332 g/mol. The lowest BCUT2D eigenvalue weighted by Crippen LogP contribution is -2.32. The summed E-state index contributed by atoms with van der Waals surface area (Å²) in [6.07, 6.45) is 7.11. The molecule has 0 bridgehead atoms. The Kier molecular flexibility index (Phi) is 4.30. The van der Waals surface area contributed by atoms with Crippen LogP contribution in [0.15, 0.2) is 49.1 Å². The van der Waals surface area contributed by atoms with Gasteiger partial charge in [0.2, 0.25) is 11.8 Å². The quantitative estimate of drug-likeness (QED) is 0.734. The number of fused-ring (bicyclic) bond motifs is 1. The third-order valence-corrected chi connectivity index (χ3v) is 4.47. The normalized spacial score (nSPS) is 17.0. The van der Waals surface area contributed by atoms with Gasteiger partial charge >= 0.3 is 0 Å². The highest BCUT2D eigenvalue weighted by atomic mass is 16.2. The molecule has 1 aliphatic heterocycles. The number of nitrogens with one attached hydrogen (secondary N) is 1. The minimum atomic E-state index is -0.346. The number of hydrogen-bond acceptors (Lipinski definition) is 5. The van der Waals surface area contributed by atoms with Gasteiger partial charge in [-0.3, -0.25) is 14.6 Å². The Morgan fingerprint density at radius 1 is 1.23 bits per heavy atom. The van der Waals surface area contributed by atoms with E-state index in [1.165, 1.54) is 0 Å². The highest BCUT2D eigenvalue weighted by molar-refractivity contribution is 5.89. The van der Waals surface area contributed by atoms with Gasteiger partial charge in [0, 0.05) is 43.7 Å². The minimum Gasteiger partial charge on any atom is -0.352 e. The molecule has 0 spiro atoms. The summed E-state index contributed by atoms with van der Waals surface area (Å²) in [5.41, 5.74) is 2.38. The van der Waals surface area contributed by atoms with Crippen molar-refractivity contribution in [2.24, 2.45) is 5.92 Å². The first-order valence-corrected chi connectivity index (χ1v) is 8.43. The largest absolute Gasteiger partial charge is 0.352 e. The summed E-state index contributed by atoms with van der Waals surface area (Å²) in [7, 11) is 0. The third kappa shape index (κ3) is 3.26. The Morgan fingerprint density at radius 3 is 2.96 bits per heavy atom. The zero-order chi connectivity index (χ0) is 17.9. The van der Waals surface area contributed by atoms with Crippen LogP contribution in [-0.4, -0.2) is 42.8 Å². The van der Waals surface area contributed by atoms with Crippen LogP contribution < -0.4 is 5.32 Å². The van der Waals surface area contributed by atoms with Gasteiger partial charge in [-0.25, -0.2) is 9.50 Å². The van der Waals surface area contributed by atoms with Crippen LogP contribution >= 0.6 is 0 Å². The Bertz CT molecular complexity index is 939. The van der Waals surface area contributed by atoms with E-state index < -0.39 is 0 Å². The second-order valence-electron chi connectivity index (χ2n) is 6.27. The summed E-state index contributed by atoms with van der Waals surface area (Å²) in [5, 5.41) is 7.10. The molecule has 1 unspecified atom stereocenters. The second kappa shape index (κ2) is 6.91. The van der Waals surface area contributed by atoms with Gasteiger partial charge in [-0.1, -0.05) is 6.07 Å². The van der Waals surface area contributed by atoms with Crippen molar-refractivity contribution in [3.8, 4) is 0 Å². The number of likely N-dealkylation sites (tertiary alicyclic amines) is 1. The summed E-state index contributed by atoms with van der Waals surface area (Å²) in [5.74, 6) is -0.494. The first-order valence-electron chi connectivity index (χ1n) is 8.43. The van der Waals surface area contributed by atoms with E-state index in [-0.39, 0.29) is 24.2 Å². The number of amides is 2. The molecule has 0 aromatic carbocycles. The SMILES string of the molecule is O=C(NCc1cnn2cccnc12)C1CC(=O)N(Cc2ccccn2)C1. The third-order valence-electron chi connectivity index (χ3n) is 4.47. The predicted octanol–water partition coefficient (Wildman–Crippen LogP) is 0.789. The van der Waals surface area contributed by atoms with Crippen molar-refractivity contribution >= 4 is 17.5 Å². The van der Waals surface area contributed by atoms with Crippen molar-refractivity contribution in [2.45, 2.75) is 19.5 Å². The molecule has 0 saturated carbocycles. The first kappa shape index (κ1) is 16.2. The van der Waals surface area contributed by atoms with Crippen molar-refractivity contribution in [2.75, 3.05) is 6.54 Å². The smallest absolute Gasteiger partial charge is 0.225 e. The molecule has 8 nitrogen and oxygen atoms in total. The number of carbonyl (C=O) groups is 2. The van der Waals surface area contributed by atoms with Crippen molar-refractivity contribution in [3.05, 3.63) is 60.3 Å². The molecule has 0 radical (unpaired) electrons. The van der Waals surface area contributed by atoms with Crippen LogP contribution in [0.3, 0.4) is 0 Å². The number of rotatable bonds is 5. The summed E-state index contributed by atoms with van der Waals surface area (Å²) >= 11 is 0. The zero-order valence-electron chi connectivity index (χ0n) is 14.1. The molecule has 1 aliphatic rings. The molecule has 0 aliphatic carbocycles. The second-order valence-corrected chi connectivity index (χ2v) is 6.27. The van der Waals surface area contributed by atoms with Crippen molar-refractivity contribution in [3.63, 3.8) is 0 Å². The molecule has 3 aromatic heterocycles. The first-order chi connectivity index (χ1) is 12.7. The van der Waals surface area contributed by atoms with E-state index in [1.54, 1.807) is 40.3 Å². The van der Waals surface area contributed by atoms with Crippen LogP contribution in [0.4, 0.5) is 0 Å². The number of hydrogen-bond donors (Lipinski definition) is 1. The number of pyridine rings is 1. The monoisotopic (exact) mass is 350 g/mol. The Morgan fingerprint density at radius 2 is 2.12 bits per heavy atom. The van der Waals surface area contributed by atoms with Crippen molar-refractivity contribution in [1.82, 2.24) is 29.8 Å². The van der Waals surface area contributed by atoms with Crippen molar-refractivity contribution < 1.29 is 9.59 Å². The molecule has 4 rings (SSSR count). The fraction of sp³-hybridized carbons (Fsp3) is 0.278. The summed E-state index contributed by atoms with van der Waals surface area (Å²) in [6, 6.07) is 7.39. The van der Waals surface area contributed by atoms with E-state index in [9.17, 15) is 9.59 Å². The van der Waals surface area contributed by atoms with E-state index in [0.29, 0.717) is 25.3 Å². The maximum absolute atomic E-state index is 12.5. The summed E-state index contributed by atoms with van der Waals surface area (Å²) in [4.78, 5) is 34.8. The molecule has 1 N–H and O–H groups in total. The van der Waals surface area contributed by atoms with E-state index in [0.717, 1.165) is 11.3 Å². The zero-order valence-corrected chi connectivity index (χ0v) is 14.1. The molecule has 2 amide bonds. The Balaban J connectivity index is 1.36. The maximum Gasteiger partial charge on any atom is 0.225 e. The molecule has 1 atom stereocenters. The molecule has 1 fully saturated rings. The van der Waals surface area contributed by atoms with Crippen LogP contribution in [0.2, 0.25) is 0 Å². The maximum atomic E-state index is 12.5. The van der Waals surface area contributed by atoms with Crippen molar-refractivity contribution in [1.29, 1.82) is 0 Å². The van der Waals surface area contributed by atoms with Crippen LogP contribution in [0.5, 0.6) is 0 Å². The van der Waals surface area contributed by atoms with Gasteiger partial charge in [0.1, 0.15) is 0 Å². The standard InChI is InChI=1S/C18H18N6O2/c25-16-8-13(11-23(16)12-15-4-1-2-5-19-15)18(26)21-9-14-10-22-24-7-3-6-20-17(14)24/h1-7,10,13H,8-9,11-12H2,(H,21,26). The van der Waals surface area contributed by atoms with Gasteiger partial charge in [-0.05, 0) is 18.2 Å². The minimum absolute atomic E-state index is 0.0200. The van der Waals surface area contributed by atoms with Gasteiger partial charge in [-0.15, -0.1) is 0 Å². The lowest BCUT2D eigenvalue weighted by Gasteiger charge is -2.16. The summed E-state index contributed by atoms with van der Waals surface area (Å²) < 4.78 is 1.66. The fourth-order valence-corrected chi connectivity index (χ4v) is 3.12. The van der Waals surface area contributed by atoms with E-state index >= 15 is 0 Å². The van der Waals surface area contributed by atoms with Gasteiger partial charge in [0.15, 0.2) is 5.65 Å². The number of nitrogens with zero attached hydrogens (tertiary/aromatic N) is 5. The molecule has 4 heterocycles. The molecule has 132 valence electrons. The number of carbonyl (C=O) groups excluding carboxylic acids is 2. The Labute approximate surface area is 149 Å². The van der Waals surface area contributed by atoms with E-state index in [1.807, 2.05) is 18.2 Å². The molecule has 3 aromatic rings. The Hall–Kier alpha value is -3.29. The van der Waals surface area contributed by atoms with Crippen LogP contribution in [0.25, 0.3) is 5.65 Å². The van der Waals surface area contributed by atoms with Crippen LogP contribution in [0, 0.1) is 5.92 Å². The van der Waals surface area contributed by atoms with Gasteiger partial charge in [-0.2, -0.15) is 5.10 Å². The van der Waals surface area contributed by atoms with E-state index in [2.05, 4.69) is 20.4 Å².